The highest BCUT2D eigenvalue weighted by Gasteiger charge is 2.22. The van der Waals surface area contributed by atoms with Gasteiger partial charge < -0.3 is 16.4 Å². The van der Waals surface area contributed by atoms with E-state index in [0.717, 1.165) is 25.1 Å². The molecule has 0 aromatic carbocycles. The summed E-state index contributed by atoms with van der Waals surface area (Å²) in [4.78, 5) is 16.0. The lowest BCUT2D eigenvalue weighted by atomic mass is 10.3. The molecule has 0 saturated heterocycles. The summed E-state index contributed by atoms with van der Waals surface area (Å²) in [5.74, 6) is 0.863. The molecule has 1 aliphatic carbocycles. The first-order chi connectivity index (χ1) is 9.15. The molecular formula is C13H18N4OS. The second kappa shape index (κ2) is 6.47. The fourth-order valence-corrected chi connectivity index (χ4v) is 1.78. The Balaban J connectivity index is 1.68. The molecule has 2 rings (SSSR count). The molecule has 0 bridgehead atoms. The molecular weight excluding hydrogens is 260 g/mol. The van der Waals surface area contributed by atoms with Crippen molar-refractivity contribution in [2.24, 2.45) is 5.73 Å². The standard InChI is InChI=1S/C13H18N4OS/c14-13(19)10-3-1-4-11(17-10)15-8-2-5-12(18)16-9-6-7-9/h1,3-4,9H,2,5-8H2,(H2,14,19)(H,15,17)(H,16,18). The van der Waals surface area contributed by atoms with Crippen LogP contribution in [0.1, 0.15) is 31.4 Å². The van der Waals surface area contributed by atoms with Gasteiger partial charge in [0, 0.05) is 19.0 Å². The number of rotatable bonds is 7. The van der Waals surface area contributed by atoms with Crippen molar-refractivity contribution in [3.63, 3.8) is 0 Å². The van der Waals surface area contributed by atoms with E-state index in [9.17, 15) is 4.79 Å². The number of nitrogens with one attached hydrogen (secondary N) is 2. The van der Waals surface area contributed by atoms with Crippen molar-refractivity contribution in [1.82, 2.24) is 10.3 Å². The van der Waals surface area contributed by atoms with Crippen LogP contribution >= 0.6 is 12.2 Å². The number of pyridine rings is 1. The summed E-state index contributed by atoms with van der Waals surface area (Å²) in [7, 11) is 0. The smallest absolute Gasteiger partial charge is 0.220 e. The summed E-state index contributed by atoms with van der Waals surface area (Å²) in [6.07, 6.45) is 3.56. The molecule has 1 aromatic rings. The third-order valence-corrected chi connectivity index (χ3v) is 3.04. The van der Waals surface area contributed by atoms with Crippen molar-refractivity contribution in [3.05, 3.63) is 23.9 Å². The van der Waals surface area contributed by atoms with Gasteiger partial charge in [-0.3, -0.25) is 4.79 Å². The normalized spacial score (nSPS) is 13.9. The zero-order valence-corrected chi connectivity index (χ0v) is 11.5. The Morgan fingerprint density at radius 1 is 1.47 bits per heavy atom. The molecule has 1 aromatic heterocycles. The van der Waals surface area contributed by atoms with Crippen LogP contribution in [0.25, 0.3) is 0 Å². The zero-order valence-electron chi connectivity index (χ0n) is 10.7. The van der Waals surface area contributed by atoms with Gasteiger partial charge in [-0.25, -0.2) is 4.98 Å². The highest BCUT2D eigenvalue weighted by molar-refractivity contribution is 7.80. The molecule has 19 heavy (non-hydrogen) atoms. The highest BCUT2D eigenvalue weighted by atomic mass is 32.1. The van der Waals surface area contributed by atoms with Crippen LogP contribution in [0, 0.1) is 0 Å². The first kappa shape index (κ1) is 13.7. The van der Waals surface area contributed by atoms with Gasteiger partial charge in [0.25, 0.3) is 0 Å². The third-order valence-electron chi connectivity index (χ3n) is 2.83. The van der Waals surface area contributed by atoms with E-state index < -0.39 is 0 Å². The Kier molecular flexibility index (Phi) is 4.68. The van der Waals surface area contributed by atoms with Gasteiger partial charge in [-0.05, 0) is 31.4 Å². The van der Waals surface area contributed by atoms with Crippen LogP contribution in [0.4, 0.5) is 5.82 Å². The summed E-state index contributed by atoms with van der Waals surface area (Å²) < 4.78 is 0. The van der Waals surface area contributed by atoms with Crippen LogP contribution in [0.2, 0.25) is 0 Å². The lowest BCUT2D eigenvalue weighted by molar-refractivity contribution is -0.121. The van der Waals surface area contributed by atoms with Crippen LogP contribution < -0.4 is 16.4 Å². The third kappa shape index (κ3) is 4.82. The minimum Gasteiger partial charge on any atom is -0.388 e. The Hall–Kier alpha value is -1.69. The molecule has 1 aliphatic rings. The fourth-order valence-electron chi connectivity index (χ4n) is 1.66. The van der Waals surface area contributed by atoms with E-state index in [1.807, 2.05) is 12.1 Å². The molecule has 0 radical (unpaired) electrons. The largest absolute Gasteiger partial charge is 0.388 e. The van der Waals surface area contributed by atoms with E-state index in [1.165, 1.54) is 0 Å². The molecule has 1 fully saturated rings. The number of aromatic nitrogens is 1. The molecule has 1 saturated carbocycles. The average Bonchev–Trinajstić information content (AvgIpc) is 3.19. The number of thiocarbonyl (C=S) groups is 1. The Bertz CT molecular complexity index is 473. The molecule has 1 amide bonds. The SMILES string of the molecule is NC(=S)c1cccc(NCCCC(=O)NC2CC2)n1. The number of amides is 1. The van der Waals surface area contributed by atoms with Crippen LogP contribution in [-0.4, -0.2) is 28.5 Å². The van der Waals surface area contributed by atoms with Crippen LogP contribution in [0.5, 0.6) is 0 Å². The molecule has 0 unspecified atom stereocenters. The predicted molar refractivity (Wildman–Crippen MR) is 79.0 cm³/mol. The van der Waals surface area contributed by atoms with Crippen LogP contribution in [0.3, 0.4) is 0 Å². The van der Waals surface area contributed by atoms with Crippen molar-refractivity contribution >= 4 is 28.9 Å². The summed E-state index contributed by atoms with van der Waals surface area (Å²) in [6.45, 7) is 0.700. The summed E-state index contributed by atoms with van der Waals surface area (Å²) in [5, 5.41) is 6.12. The molecule has 0 spiro atoms. The van der Waals surface area contributed by atoms with Gasteiger partial charge in [-0.15, -0.1) is 0 Å². The van der Waals surface area contributed by atoms with Crippen LogP contribution in [-0.2, 0) is 4.79 Å². The number of nitrogens with two attached hydrogens (primary N) is 1. The van der Waals surface area contributed by atoms with Crippen LogP contribution in [0.15, 0.2) is 18.2 Å². The summed E-state index contributed by atoms with van der Waals surface area (Å²) >= 11 is 4.87. The minimum absolute atomic E-state index is 0.133. The maximum Gasteiger partial charge on any atom is 0.220 e. The van der Waals surface area contributed by atoms with E-state index in [0.29, 0.717) is 24.7 Å². The lowest BCUT2D eigenvalue weighted by Gasteiger charge is -2.07. The number of anilines is 1. The number of hydrogen-bond acceptors (Lipinski definition) is 4. The highest BCUT2D eigenvalue weighted by Crippen LogP contribution is 2.18. The van der Waals surface area contributed by atoms with E-state index >= 15 is 0 Å². The minimum atomic E-state index is 0.133. The number of carbonyl (C=O) groups excluding carboxylic acids is 1. The fraction of sp³-hybridized carbons (Fsp3) is 0.462. The maximum absolute atomic E-state index is 11.5. The summed E-state index contributed by atoms with van der Waals surface area (Å²) in [5.41, 5.74) is 6.12. The molecule has 102 valence electrons. The van der Waals surface area contributed by atoms with Gasteiger partial charge >= 0.3 is 0 Å². The monoisotopic (exact) mass is 278 g/mol. The second-order valence-electron chi connectivity index (χ2n) is 4.64. The Morgan fingerprint density at radius 2 is 2.26 bits per heavy atom. The quantitative estimate of drug-likeness (QED) is 0.515. The summed E-state index contributed by atoms with van der Waals surface area (Å²) in [6, 6.07) is 5.91. The predicted octanol–water partition coefficient (Wildman–Crippen LogP) is 1.19. The lowest BCUT2D eigenvalue weighted by Crippen LogP contribution is -2.25. The van der Waals surface area contributed by atoms with Gasteiger partial charge in [0.2, 0.25) is 5.91 Å². The van der Waals surface area contributed by atoms with E-state index in [4.69, 9.17) is 18.0 Å². The Morgan fingerprint density at radius 3 is 2.95 bits per heavy atom. The van der Waals surface area contributed by atoms with Crippen molar-refractivity contribution in [3.8, 4) is 0 Å². The number of hydrogen-bond donors (Lipinski definition) is 3. The molecule has 6 heteroatoms. The number of nitrogens with zero attached hydrogens (tertiary/aromatic N) is 1. The zero-order chi connectivity index (χ0) is 13.7. The molecule has 5 nitrogen and oxygen atoms in total. The first-order valence-corrected chi connectivity index (χ1v) is 6.86. The second-order valence-corrected chi connectivity index (χ2v) is 5.08. The van der Waals surface area contributed by atoms with Gasteiger partial charge in [0.1, 0.15) is 10.8 Å². The molecule has 0 atom stereocenters. The maximum atomic E-state index is 11.5. The van der Waals surface area contributed by atoms with Gasteiger partial charge in [0.05, 0.1) is 5.69 Å². The van der Waals surface area contributed by atoms with E-state index in [1.54, 1.807) is 6.07 Å². The molecule has 4 N–H and O–H groups in total. The average molecular weight is 278 g/mol. The van der Waals surface area contributed by atoms with Crippen molar-refractivity contribution in [2.45, 2.75) is 31.7 Å². The van der Waals surface area contributed by atoms with Crippen molar-refractivity contribution in [2.75, 3.05) is 11.9 Å². The molecule has 0 aliphatic heterocycles. The van der Waals surface area contributed by atoms with Gasteiger partial charge in [0.15, 0.2) is 0 Å². The molecule has 1 heterocycles. The van der Waals surface area contributed by atoms with E-state index in [-0.39, 0.29) is 10.9 Å². The Labute approximate surface area is 118 Å². The topological polar surface area (TPSA) is 80.0 Å². The van der Waals surface area contributed by atoms with E-state index in [2.05, 4.69) is 15.6 Å². The van der Waals surface area contributed by atoms with Gasteiger partial charge in [-0.2, -0.15) is 0 Å². The first-order valence-electron chi connectivity index (χ1n) is 6.45. The van der Waals surface area contributed by atoms with Crippen molar-refractivity contribution in [1.29, 1.82) is 0 Å². The van der Waals surface area contributed by atoms with Gasteiger partial charge in [-0.1, -0.05) is 18.3 Å². The number of carbonyl (C=O) groups is 1. The van der Waals surface area contributed by atoms with Crippen molar-refractivity contribution < 1.29 is 4.79 Å².